The predicted octanol–water partition coefficient (Wildman–Crippen LogP) is 0.687. The SMILES string of the molecule is COC(=O)C(C)(C)NC(C)C(C)(C)O. The molecule has 0 saturated carbocycles. The number of carbonyl (C=O) groups excluding carboxylic acids is 1. The third kappa shape index (κ3) is 3.64. The van der Waals surface area contributed by atoms with Gasteiger partial charge in [0.25, 0.3) is 0 Å². The quantitative estimate of drug-likeness (QED) is 0.660. The fraction of sp³-hybridized carbons (Fsp3) is 0.900. The van der Waals surface area contributed by atoms with Crippen molar-refractivity contribution in [2.24, 2.45) is 0 Å². The molecule has 0 rings (SSSR count). The van der Waals surface area contributed by atoms with Gasteiger partial charge < -0.3 is 9.84 Å². The van der Waals surface area contributed by atoms with Crippen LogP contribution < -0.4 is 5.32 Å². The van der Waals surface area contributed by atoms with Crippen LogP contribution in [0.15, 0.2) is 0 Å². The van der Waals surface area contributed by atoms with Crippen LogP contribution in [0.25, 0.3) is 0 Å². The molecule has 0 aromatic rings. The molecule has 0 fully saturated rings. The highest BCUT2D eigenvalue weighted by Crippen LogP contribution is 2.13. The minimum atomic E-state index is -0.870. The number of hydrogen-bond acceptors (Lipinski definition) is 4. The lowest BCUT2D eigenvalue weighted by Crippen LogP contribution is -2.57. The zero-order chi connectivity index (χ0) is 11.6. The molecule has 0 bridgehead atoms. The predicted molar refractivity (Wildman–Crippen MR) is 55.0 cm³/mol. The Morgan fingerprint density at radius 2 is 1.79 bits per heavy atom. The molecule has 0 heterocycles. The maximum Gasteiger partial charge on any atom is 0.325 e. The van der Waals surface area contributed by atoms with E-state index in [0.29, 0.717) is 0 Å². The van der Waals surface area contributed by atoms with Gasteiger partial charge in [-0.2, -0.15) is 0 Å². The summed E-state index contributed by atoms with van der Waals surface area (Å²) in [6.45, 7) is 8.66. The van der Waals surface area contributed by atoms with Crippen molar-refractivity contribution in [1.29, 1.82) is 0 Å². The van der Waals surface area contributed by atoms with Gasteiger partial charge in [0.1, 0.15) is 5.54 Å². The third-order valence-corrected chi connectivity index (χ3v) is 2.33. The van der Waals surface area contributed by atoms with Crippen molar-refractivity contribution >= 4 is 5.97 Å². The molecule has 0 aromatic heterocycles. The van der Waals surface area contributed by atoms with Gasteiger partial charge in [0.05, 0.1) is 12.7 Å². The molecule has 2 N–H and O–H groups in total. The van der Waals surface area contributed by atoms with Gasteiger partial charge in [-0.05, 0) is 34.6 Å². The summed E-state index contributed by atoms with van der Waals surface area (Å²) < 4.78 is 4.65. The Morgan fingerprint density at radius 3 is 2.07 bits per heavy atom. The standard InChI is InChI=1S/C10H21NO3/c1-7(10(4,5)13)11-9(2,3)8(12)14-6/h7,11,13H,1-6H3. The second kappa shape index (κ2) is 4.28. The number of nitrogens with one attached hydrogen (secondary N) is 1. The molecule has 0 radical (unpaired) electrons. The maximum atomic E-state index is 11.3. The summed E-state index contributed by atoms with van der Waals surface area (Å²) in [4.78, 5) is 11.3. The molecule has 0 aliphatic carbocycles. The molecule has 84 valence electrons. The zero-order valence-corrected chi connectivity index (χ0v) is 9.84. The fourth-order valence-corrected chi connectivity index (χ4v) is 1.03. The number of carbonyl (C=O) groups is 1. The average Bonchev–Trinajstić information content (AvgIpc) is 2.00. The number of hydrogen-bond donors (Lipinski definition) is 2. The topological polar surface area (TPSA) is 58.6 Å². The lowest BCUT2D eigenvalue weighted by molar-refractivity contribution is -0.148. The summed E-state index contributed by atoms with van der Waals surface area (Å²) in [6, 6.07) is -0.198. The molecule has 4 heteroatoms. The maximum absolute atomic E-state index is 11.3. The number of aliphatic hydroxyl groups is 1. The summed E-state index contributed by atoms with van der Waals surface area (Å²) in [7, 11) is 1.35. The van der Waals surface area contributed by atoms with Crippen LogP contribution in [0, 0.1) is 0 Å². The van der Waals surface area contributed by atoms with Gasteiger partial charge in [-0.3, -0.25) is 10.1 Å². The van der Waals surface area contributed by atoms with E-state index in [4.69, 9.17) is 0 Å². The van der Waals surface area contributed by atoms with Gasteiger partial charge in [-0.1, -0.05) is 0 Å². The van der Waals surface area contributed by atoms with E-state index in [-0.39, 0.29) is 12.0 Å². The van der Waals surface area contributed by atoms with E-state index in [9.17, 15) is 9.90 Å². The third-order valence-electron chi connectivity index (χ3n) is 2.33. The van der Waals surface area contributed by atoms with Gasteiger partial charge >= 0.3 is 5.97 Å². The van der Waals surface area contributed by atoms with Crippen molar-refractivity contribution in [2.45, 2.75) is 51.8 Å². The molecule has 4 nitrogen and oxygen atoms in total. The summed E-state index contributed by atoms with van der Waals surface area (Å²) in [5.41, 5.74) is -1.65. The highest BCUT2D eigenvalue weighted by molar-refractivity contribution is 5.79. The average molecular weight is 203 g/mol. The molecular weight excluding hydrogens is 182 g/mol. The minimum absolute atomic E-state index is 0.198. The first kappa shape index (κ1) is 13.4. The second-order valence-electron chi connectivity index (χ2n) is 4.64. The van der Waals surface area contributed by atoms with Crippen molar-refractivity contribution < 1.29 is 14.6 Å². The summed E-state index contributed by atoms with van der Waals surface area (Å²) in [6.07, 6.45) is 0. The number of esters is 1. The Labute approximate surface area is 85.6 Å². The highest BCUT2D eigenvalue weighted by Gasteiger charge is 2.34. The molecule has 0 aliphatic rings. The van der Waals surface area contributed by atoms with Crippen LogP contribution in [0.2, 0.25) is 0 Å². The lowest BCUT2D eigenvalue weighted by atomic mass is 9.96. The second-order valence-corrected chi connectivity index (χ2v) is 4.64. The normalized spacial score (nSPS) is 15.1. The van der Waals surface area contributed by atoms with E-state index in [1.807, 2.05) is 6.92 Å². The first-order chi connectivity index (χ1) is 6.11. The van der Waals surface area contributed by atoms with Crippen LogP contribution in [0.5, 0.6) is 0 Å². The molecule has 1 unspecified atom stereocenters. The zero-order valence-electron chi connectivity index (χ0n) is 9.84. The van der Waals surface area contributed by atoms with Crippen molar-refractivity contribution in [1.82, 2.24) is 5.32 Å². The van der Waals surface area contributed by atoms with Crippen LogP contribution >= 0.6 is 0 Å². The monoisotopic (exact) mass is 203 g/mol. The summed E-state index contributed by atoms with van der Waals surface area (Å²) in [5.74, 6) is -0.339. The van der Waals surface area contributed by atoms with Gasteiger partial charge in [0.2, 0.25) is 0 Å². The van der Waals surface area contributed by atoms with E-state index in [1.54, 1.807) is 27.7 Å². The Morgan fingerprint density at radius 1 is 1.36 bits per heavy atom. The summed E-state index contributed by atoms with van der Waals surface area (Å²) in [5, 5.41) is 12.7. The summed E-state index contributed by atoms with van der Waals surface area (Å²) >= 11 is 0. The van der Waals surface area contributed by atoms with Crippen LogP contribution in [0.4, 0.5) is 0 Å². The lowest BCUT2D eigenvalue weighted by Gasteiger charge is -2.34. The number of ether oxygens (including phenoxy) is 1. The van der Waals surface area contributed by atoms with Crippen molar-refractivity contribution in [2.75, 3.05) is 7.11 Å². The first-order valence-electron chi connectivity index (χ1n) is 4.69. The molecule has 0 aromatic carbocycles. The Kier molecular flexibility index (Phi) is 4.09. The molecule has 0 saturated heterocycles. The highest BCUT2D eigenvalue weighted by atomic mass is 16.5. The minimum Gasteiger partial charge on any atom is -0.468 e. The Balaban J connectivity index is 4.44. The van der Waals surface area contributed by atoms with Gasteiger partial charge in [-0.15, -0.1) is 0 Å². The molecule has 14 heavy (non-hydrogen) atoms. The largest absolute Gasteiger partial charge is 0.468 e. The fourth-order valence-electron chi connectivity index (χ4n) is 1.03. The van der Waals surface area contributed by atoms with Crippen LogP contribution in [-0.2, 0) is 9.53 Å². The molecule has 0 aliphatic heterocycles. The molecule has 0 spiro atoms. The molecular formula is C10H21NO3. The van der Waals surface area contributed by atoms with Crippen molar-refractivity contribution in [3.05, 3.63) is 0 Å². The number of rotatable bonds is 4. The molecule has 1 atom stereocenters. The van der Waals surface area contributed by atoms with E-state index in [2.05, 4.69) is 10.1 Å². The van der Waals surface area contributed by atoms with Gasteiger partial charge in [0.15, 0.2) is 0 Å². The van der Waals surface area contributed by atoms with E-state index < -0.39 is 11.1 Å². The van der Waals surface area contributed by atoms with E-state index in [0.717, 1.165) is 0 Å². The van der Waals surface area contributed by atoms with Crippen molar-refractivity contribution in [3.63, 3.8) is 0 Å². The Hall–Kier alpha value is -0.610. The molecule has 0 amide bonds. The Bertz CT molecular complexity index is 206. The van der Waals surface area contributed by atoms with E-state index in [1.165, 1.54) is 7.11 Å². The smallest absolute Gasteiger partial charge is 0.325 e. The number of methoxy groups -OCH3 is 1. The van der Waals surface area contributed by atoms with Crippen LogP contribution in [-0.4, -0.2) is 35.4 Å². The first-order valence-corrected chi connectivity index (χ1v) is 4.69. The van der Waals surface area contributed by atoms with Gasteiger partial charge in [0, 0.05) is 6.04 Å². The van der Waals surface area contributed by atoms with Crippen molar-refractivity contribution in [3.8, 4) is 0 Å². The van der Waals surface area contributed by atoms with E-state index >= 15 is 0 Å². The van der Waals surface area contributed by atoms with Crippen LogP contribution in [0.3, 0.4) is 0 Å². The van der Waals surface area contributed by atoms with Crippen LogP contribution in [0.1, 0.15) is 34.6 Å². The van der Waals surface area contributed by atoms with Gasteiger partial charge in [-0.25, -0.2) is 0 Å².